The molecule has 0 radical (unpaired) electrons. The Labute approximate surface area is 114 Å². The van der Waals surface area contributed by atoms with Crippen LogP contribution in [0.15, 0.2) is 18.2 Å². The number of hydrogen-bond donors (Lipinski definition) is 2. The van der Waals surface area contributed by atoms with Gasteiger partial charge in [-0.05, 0) is 49.1 Å². The first kappa shape index (κ1) is 15.2. The molecule has 0 amide bonds. The van der Waals surface area contributed by atoms with Crippen molar-refractivity contribution in [3.8, 4) is 11.5 Å². The molecule has 102 valence electrons. The smallest absolute Gasteiger partial charge is 0.160 e. The monoisotopic (exact) mass is 269 g/mol. The third kappa shape index (κ3) is 4.78. The van der Waals surface area contributed by atoms with Crippen molar-refractivity contribution in [2.24, 2.45) is 0 Å². The van der Waals surface area contributed by atoms with Gasteiger partial charge in [-0.15, -0.1) is 0 Å². The molecule has 1 atom stereocenters. The van der Waals surface area contributed by atoms with E-state index in [-0.39, 0.29) is 11.8 Å². The fourth-order valence-electron chi connectivity index (χ4n) is 1.72. The highest BCUT2D eigenvalue weighted by molar-refractivity contribution is 7.99. The lowest BCUT2D eigenvalue weighted by molar-refractivity contribution is 0.372. The van der Waals surface area contributed by atoms with Crippen LogP contribution in [0.5, 0.6) is 11.5 Å². The SMILES string of the molecule is CCSCCCNC(C)c1ccc(O)c(OC)c1. The van der Waals surface area contributed by atoms with Crippen molar-refractivity contribution < 1.29 is 9.84 Å². The van der Waals surface area contributed by atoms with Crippen LogP contribution in [0.1, 0.15) is 31.9 Å². The molecule has 0 aliphatic rings. The maximum absolute atomic E-state index is 9.54. The summed E-state index contributed by atoms with van der Waals surface area (Å²) in [5, 5.41) is 13.0. The number of thioether (sulfide) groups is 1. The van der Waals surface area contributed by atoms with Gasteiger partial charge in [-0.25, -0.2) is 0 Å². The summed E-state index contributed by atoms with van der Waals surface area (Å²) < 4.78 is 5.11. The van der Waals surface area contributed by atoms with E-state index in [1.807, 2.05) is 23.9 Å². The zero-order valence-electron chi connectivity index (χ0n) is 11.4. The first-order valence-electron chi connectivity index (χ1n) is 6.37. The number of aromatic hydroxyl groups is 1. The summed E-state index contributed by atoms with van der Waals surface area (Å²) in [6.45, 7) is 5.32. The largest absolute Gasteiger partial charge is 0.504 e. The molecule has 1 aromatic rings. The van der Waals surface area contributed by atoms with Gasteiger partial charge in [0, 0.05) is 6.04 Å². The van der Waals surface area contributed by atoms with E-state index >= 15 is 0 Å². The number of methoxy groups -OCH3 is 1. The minimum absolute atomic E-state index is 0.188. The topological polar surface area (TPSA) is 41.5 Å². The van der Waals surface area contributed by atoms with Gasteiger partial charge in [0.15, 0.2) is 11.5 Å². The fraction of sp³-hybridized carbons (Fsp3) is 0.571. The average Bonchev–Trinajstić information content (AvgIpc) is 2.38. The van der Waals surface area contributed by atoms with Crippen LogP contribution in [-0.2, 0) is 0 Å². The van der Waals surface area contributed by atoms with Crippen molar-refractivity contribution in [3.05, 3.63) is 23.8 Å². The van der Waals surface area contributed by atoms with Gasteiger partial charge in [-0.2, -0.15) is 11.8 Å². The molecule has 1 aromatic carbocycles. The first-order valence-corrected chi connectivity index (χ1v) is 7.52. The molecule has 0 heterocycles. The number of rotatable bonds is 8. The number of hydrogen-bond acceptors (Lipinski definition) is 4. The van der Waals surface area contributed by atoms with Crippen molar-refractivity contribution in [2.75, 3.05) is 25.2 Å². The number of phenols is 1. The second-order valence-corrected chi connectivity index (χ2v) is 5.55. The third-order valence-electron chi connectivity index (χ3n) is 2.82. The van der Waals surface area contributed by atoms with E-state index in [2.05, 4.69) is 19.2 Å². The summed E-state index contributed by atoms with van der Waals surface area (Å²) in [7, 11) is 1.57. The molecule has 0 saturated carbocycles. The highest BCUT2D eigenvalue weighted by Crippen LogP contribution is 2.28. The number of nitrogens with one attached hydrogen (secondary N) is 1. The molecule has 0 aliphatic carbocycles. The molecule has 18 heavy (non-hydrogen) atoms. The van der Waals surface area contributed by atoms with Gasteiger partial charge < -0.3 is 15.2 Å². The minimum Gasteiger partial charge on any atom is -0.504 e. The molecular weight excluding hydrogens is 246 g/mol. The molecule has 1 unspecified atom stereocenters. The normalized spacial score (nSPS) is 12.4. The molecule has 2 N–H and O–H groups in total. The van der Waals surface area contributed by atoms with Gasteiger partial charge in [0.1, 0.15) is 0 Å². The van der Waals surface area contributed by atoms with Crippen molar-refractivity contribution in [1.82, 2.24) is 5.32 Å². The Morgan fingerprint density at radius 1 is 1.44 bits per heavy atom. The molecule has 1 rings (SSSR count). The summed E-state index contributed by atoms with van der Waals surface area (Å²) in [5.74, 6) is 3.11. The number of ether oxygens (including phenoxy) is 1. The zero-order chi connectivity index (χ0) is 13.4. The summed E-state index contributed by atoms with van der Waals surface area (Å²) in [6, 6.07) is 5.76. The van der Waals surface area contributed by atoms with Crippen LogP contribution in [0.3, 0.4) is 0 Å². The molecule has 0 aromatic heterocycles. The summed E-state index contributed by atoms with van der Waals surface area (Å²) in [5.41, 5.74) is 1.13. The van der Waals surface area contributed by atoms with Gasteiger partial charge >= 0.3 is 0 Å². The molecule has 0 saturated heterocycles. The van der Waals surface area contributed by atoms with Crippen LogP contribution in [0.25, 0.3) is 0 Å². The predicted molar refractivity (Wildman–Crippen MR) is 78.7 cm³/mol. The quantitative estimate of drug-likeness (QED) is 0.711. The van der Waals surface area contributed by atoms with E-state index in [9.17, 15) is 5.11 Å². The second-order valence-electron chi connectivity index (χ2n) is 4.16. The summed E-state index contributed by atoms with van der Waals surface area (Å²) in [6.07, 6.45) is 1.18. The number of phenolic OH excluding ortho intramolecular Hbond substituents is 1. The van der Waals surface area contributed by atoms with Crippen molar-refractivity contribution in [1.29, 1.82) is 0 Å². The van der Waals surface area contributed by atoms with Crippen LogP contribution in [0, 0.1) is 0 Å². The van der Waals surface area contributed by atoms with Gasteiger partial charge in [-0.1, -0.05) is 13.0 Å². The molecule has 0 aliphatic heterocycles. The zero-order valence-corrected chi connectivity index (χ0v) is 12.2. The fourth-order valence-corrected chi connectivity index (χ4v) is 2.36. The predicted octanol–water partition coefficient (Wildman–Crippen LogP) is 3.19. The first-order chi connectivity index (χ1) is 8.69. The van der Waals surface area contributed by atoms with E-state index in [1.54, 1.807) is 13.2 Å². The Bertz CT molecular complexity index is 358. The Balaban J connectivity index is 2.43. The van der Waals surface area contributed by atoms with Crippen molar-refractivity contribution >= 4 is 11.8 Å². The van der Waals surface area contributed by atoms with Gasteiger partial charge in [0.25, 0.3) is 0 Å². The van der Waals surface area contributed by atoms with Gasteiger partial charge in [-0.3, -0.25) is 0 Å². The molecular formula is C14H23NO2S. The van der Waals surface area contributed by atoms with Gasteiger partial charge in [0.2, 0.25) is 0 Å². The highest BCUT2D eigenvalue weighted by atomic mass is 32.2. The lowest BCUT2D eigenvalue weighted by Gasteiger charge is -2.15. The molecule has 0 spiro atoms. The van der Waals surface area contributed by atoms with E-state index < -0.39 is 0 Å². The maximum atomic E-state index is 9.54. The van der Waals surface area contributed by atoms with E-state index in [0.29, 0.717) is 5.75 Å². The Morgan fingerprint density at radius 3 is 2.89 bits per heavy atom. The minimum atomic E-state index is 0.188. The average molecular weight is 269 g/mol. The van der Waals surface area contributed by atoms with Crippen molar-refractivity contribution in [2.45, 2.75) is 26.3 Å². The van der Waals surface area contributed by atoms with Crippen molar-refractivity contribution in [3.63, 3.8) is 0 Å². The third-order valence-corrected chi connectivity index (χ3v) is 3.81. The van der Waals surface area contributed by atoms with Crippen LogP contribution in [-0.4, -0.2) is 30.3 Å². The maximum Gasteiger partial charge on any atom is 0.160 e. The lowest BCUT2D eigenvalue weighted by atomic mass is 10.1. The standard InChI is InChI=1S/C14H23NO2S/c1-4-18-9-5-8-15-11(2)12-6-7-13(16)14(10-12)17-3/h6-7,10-11,15-16H,4-5,8-9H2,1-3H3. The van der Waals surface area contributed by atoms with E-state index in [1.165, 1.54) is 17.9 Å². The lowest BCUT2D eigenvalue weighted by Crippen LogP contribution is -2.20. The van der Waals surface area contributed by atoms with Crippen LogP contribution in [0.4, 0.5) is 0 Å². The molecule has 3 nitrogen and oxygen atoms in total. The van der Waals surface area contributed by atoms with Crippen LogP contribution in [0.2, 0.25) is 0 Å². The molecule has 4 heteroatoms. The van der Waals surface area contributed by atoms with Crippen LogP contribution < -0.4 is 10.1 Å². The summed E-state index contributed by atoms with van der Waals surface area (Å²) >= 11 is 1.97. The highest BCUT2D eigenvalue weighted by Gasteiger charge is 2.08. The van der Waals surface area contributed by atoms with E-state index in [0.717, 1.165) is 12.1 Å². The number of benzene rings is 1. The van der Waals surface area contributed by atoms with Crippen LogP contribution >= 0.6 is 11.8 Å². The second kappa shape index (κ2) is 8.27. The Kier molecular flexibility index (Phi) is 6.98. The van der Waals surface area contributed by atoms with Gasteiger partial charge in [0.05, 0.1) is 7.11 Å². The molecule has 0 bridgehead atoms. The van der Waals surface area contributed by atoms with E-state index in [4.69, 9.17) is 4.74 Å². The summed E-state index contributed by atoms with van der Waals surface area (Å²) in [4.78, 5) is 0. The Morgan fingerprint density at radius 2 is 2.22 bits per heavy atom. The Hall–Kier alpha value is -0.870. The molecule has 0 fully saturated rings.